The summed E-state index contributed by atoms with van der Waals surface area (Å²) in [5.41, 5.74) is 6.64. The first kappa shape index (κ1) is 13.0. The Bertz CT molecular complexity index is 560. The van der Waals surface area contributed by atoms with Crippen LogP contribution in [0.4, 0.5) is 4.39 Å². The van der Waals surface area contributed by atoms with Crippen molar-refractivity contribution in [1.82, 2.24) is 4.98 Å². The third-order valence-corrected chi connectivity index (χ3v) is 3.00. The van der Waals surface area contributed by atoms with Crippen molar-refractivity contribution in [3.05, 3.63) is 52.4 Å². The summed E-state index contributed by atoms with van der Waals surface area (Å²) in [6, 6.07) is 7.89. The maximum absolute atomic E-state index is 13.1. The fraction of sp³-hybridized carbons (Fsp3) is 0.154. The van der Waals surface area contributed by atoms with E-state index in [-0.39, 0.29) is 11.9 Å². The fourth-order valence-corrected chi connectivity index (χ4v) is 1.84. The molecule has 0 unspecified atom stereocenters. The van der Waals surface area contributed by atoms with Crippen molar-refractivity contribution in [2.45, 2.75) is 13.0 Å². The summed E-state index contributed by atoms with van der Waals surface area (Å²) < 4.78 is 19.1. The van der Waals surface area contributed by atoms with Gasteiger partial charge in [0, 0.05) is 17.8 Å². The molecular weight excluding hydrogens is 299 g/mol. The summed E-state index contributed by atoms with van der Waals surface area (Å²) >= 11 is 3.11. The topological polar surface area (TPSA) is 48.1 Å². The van der Waals surface area contributed by atoms with E-state index in [0.29, 0.717) is 16.1 Å². The number of benzene rings is 1. The predicted molar refractivity (Wildman–Crippen MR) is 71.0 cm³/mol. The average molecular weight is 311 g/mol. The third-order valence-electron chi connectivity index (χ3n) is 2.40. The molecule has 2 N–H and O–H groups in total. The number of hydrogen-bond donors (Lipinski definition) is 1. The quantitative estimate of drug-likeness (QED) is 0.938. The molecule has 0 saturated heterocycles. The van der Waals surface area contributed by atoms with Gasteiger partial charge in [-0.1, -0.05) is 6.07 Å². The van der Waals surface area contributed by atoms with Gasteiger partial charge in [0.1, 0.15) is 11.6 Å². The molecule has 1 heterocycles. The van der Waals surface area contributed by atoms with Crippen LogP contribution in [0.25, 0.3) is 0 Å². The van der Waals surface area contributed by atoms with E-state index in [4.69, 9.17) is 10.5 Å². The van der Waals surface area contributed by atoms with E-state index in [0.717, 1.165) is 5.56 Å². The maximum atomic E-state index is 13.1. The van der Waals surface area contributed by atoms with Gasteiger partial charge in [0.2, 0.25) is 5.88 Å². The molecule has 0 aliphatic heterocycles. The summed E-state index contributed by atoms with van der Waals surface area (Å²) in [7, 11) is 0. The zero-order valence-corrected chi connectivity index (χ0v) is 11.3. The predicted octanol–water partition coefficient (Wildman–Crippen LogP) is 3.80. The highest BCUT2D eigenvalue weighted by Crippen LogP contribution is 2.28. The molecule has 18 heavy (non-hydrogen) atoms. The monoisotopic (exact) mass is 310 g/mol. The maximum Gasteiger partial charge on any atom is 0.223 e. The zero-order valence-electron chi connectivity index (χ0n) is 9.73. The summed E-state index contributed by atoms with van der Waals surface area (Å²) in [5, 5.41) is 0. The Morgan fingerprint density at radius 1 is 1.39 bits per heavy atom. The van der Waals surface area contributed by atoms with E-state index >= 15 is 0 Å². The first-order valence-electron chi connectivity index (χ1n) is 5.41. The van der Waals surface area contributed by atoms with Crippen molar-refractivity contribution >= 4 is 15.9 Å². The van der Waals surface area contributed by atoms with Crippen LogP contribution in [0.5, 0.6) is 11.6 Å². The number of pyridine rings is 1. The van der Waals surface area contributed by atoms with Crippen LogP contribution in [0, 0.1) is 5.82 Å². The van der Waals surface area contributed by atoms with Gasteiger partial charge in [0.05, 0.1) is 4.47 Å². The van der Waals surface area contributed by atoms with Gasteiger partial charge in [-0.05, 0) is 47.1 Å². The molecule has 2 rings (SSSR count). The minimum Gasteiger partial charge on any atom is -0.439 e. The van der Waals surface area contributed by atoms with E-state index in [1.807, 2.05) is 13.0 Å². The largest absolute Gasteiger partial charge is 0.439 e. The lowest BCUT2D eigenvalue weighted by atomic mass is 10.1. The summed E-state index contributed by atoms with van der Waals surface area (Å²) in [4.78, 5) is 4.14. The highest BCUT2D eigenvalue weighted by molar-refractivity contribution is 9.10. The van der Waals surface area contributed by atoms with Gasteiger partial charge in [-0.25, -0.2) is 9.37 Å². The van der Waals surface area contributed by atoms with E-state index in [2.05, 4.69) is 20.9 Å². The van der Waals surface area contributed by atoms with E-state index < -0.39 is 0 Å². The third kappa shape index (κ3) is 2.86. The zero-order chi connectivity index (χ0) is 13.1. The molecule has 0 fully saturated rings. The van der Waals surface area contributed by atoms with Crippen molar-refractivity contribution in [1.29, 1.82) is 0 Å². The molecule has 1 aromatic heterocycles. The first-order chi connectivity index (χ1) is 8.58. The van der Waals surface area contributed by atoms with Gasteiger partial charge < -0.3 is 10.5 Å². The Morgan fingerprint density at radius 2 is 2.17 bits per heavy atom. The van der Waals surface area contributed by atoms with E-state index in [1.54, 1.807) is 24.4 Å². The van der Waals surface area contributed by atoms with E-state index in [1.165, 1.54) is 6.07 Å². The van der Waals surface area contributed by atoms with Crippen LogP contribution in [0.3, 0.4) is 0 Å². The standard InChI is InChI=1S/C13H12BrFN2O/c1-8(16)10-3-2-6-17-13(10)18-9-4-5-12(15)11(14)7-9/h2-8H,16H2,1H3/t8-/m1/s1. The van der Waals surface area contributed by atoms with Crippen LogP contribution in [-0.2, 0) is 0 Å². The fourth-order valence-electron chi connectivity index (χ4n) is 1.49. The highest BCUT2D eigenvalue weighted by atomic mass is 79.9. The van der Waals surface area contributed by atoms with Gasteiger partial charge >= 0.3 is 0 Å². The number of nitrogens with two attached hydrogens (primary N) is 1. The van der Waals surface area contributed by atoms with Gasteiger partial charge in [-0.3, -0.25) is 0 Å². The first-order valence-corrected chi connectivity index (χ1v) is 6.20. The summed E-state index contributed by atoms with van der Waals surface area (Å²) in [6.45, 7) is 1.85. The molecule has 0 amide bonds. The average Bonchev–Trinajstić information content (AvgIpc) is 2.34. The molecule has 2 aromatic rings. The summed E-state index contributed by atoms with van der Waals surface area (Å²) in [5.74, 6) is 0.602. The van der Waals surface area contributed by atoms with Gasteiger partial charge in [0.25, 0.3) is 0 Å². The Labute approximate surface area is 113 Å². The molecule has 0 radical (unpaired) electrons. The molecule has 1 atom stereocenters. The Hall–Kier alpha value is -1.46. The van der Waals surface area contributed by atoms with E-state index in [9.17, 15) is 4.39 Å². The van der Waals surface area contributed by atoms with Crippen molar-refractivity contribution in [2.24, 2.45) is 5.73 Å². The van der Waals surface area contributed by atoms with Gasteiger partial charge in [-0.2, -0.15) is 0 Å². The number of nitrogens with zero attached hydrogens (tertiary/aromatic N) is 1. The van der Waals surface area contributed by atoms with Crippen molar-refractivity contribution in [3.8, 4) is 11.6 Å². The SMILES string of the molecule is C[C@@H](N)c1cccnc1Oc1ccc(F)c(Br)c1. The molecule has 94 valence electrons. The Kier molecular flexibility index (Phi) is 3.93. The van der Waals surface area contributed by atoms with Gasteiger partial charge in [0.15, 0.2) is 0 Å². The van der Waals surface area contributed by atoms with Crippen LogP contribution < -0.4 is 10.5 Å². The van der Waals surface area contributed by atoms with Crippen LogP contribution >= 0.6 is 15.9 Å². The number of ether oxygens (including phenoxy) is 1. The Morgan fingerprint density at radius 3 is 2.83 bits per heavy atom. The van der Waals surface area contributed by atoms with Crippen molar-refractivity contribution < 1.29 is 9.13 Å². The number of rotatable bonds is 3. The molecule has 1 aromatic carbocycles. The molecular formula is C13H12BrFN2O. The highest BCUT2D eigenvalue weighted by Gasteiger charge is 2.10. The minimum atomic E-state index is -0.337. The molecule has 5 heteroatoms. The molecule has 0 saturated carbocycles. The normalized spacial score (nSPS) is 12.2. The van der Waals surface area contributed by atoms with Gasteiger partial charge in [-0.15, -0.1) is 0 Å². The second kappa shape index (κ2) is 5.46. The summed E-state index contributed by atoms with van der Waals surface area (Å²) in [6.07, 6.45) is 1.62. The molecule has 0 spiro atoms. The number of halogens is 2. The lowest BCUT2D eigenvalue weighted by Crippen LogP contribution is -2.07. The lowest BCUT2D eigenvalue weighted by Gasteiger charge is -2.12. The number of hydrogen-bond acceptors (Lipinski definition) is 3. The van der Waals surface area contributed by atoms with Crippen LogP contribution in [-0.4, -0.2) is 4.98 Å². The van der Waals surface area contributed by atoms with Crippen LogP contribution in [0.15, 0.2) is 41.0 Å². The van der Waals surface area contributed by atoms with Crippen LogP contribution in [0.1, 0.15) is 18.5 Å². The minimum absolute atomic E-state index is 0.183. The van der Waals surface area contributed by atoms with Crippen molar-refractivity contribution in [2.75, 3.05) is 0 Å². The van der Waals surface area contributed by atoms with Crippen molar-refractivity contribution in [3.63, 3.8) is 0 Å². The van der Waals surface area contributed by atoms with Crippen LogP contribution in [0.2, 0.25) is 0 Å². The second-order valence-corrected chi connectivity index (χ2v) is 4.72. The molecule has 0 bridgehead atoms. The molecule has 3 nitrogen and oxygen atoms in total. The molecule has 0 aliphatic carbocycles. The Balaban J connectivity index is 2.31. The smallest absolute Gasteiger partial charge is 0.223 e. The molecule has 0 aliphatic rings. The second-order valence-electron chi connectivity index (χ2n) is 3.86. The number of aromatic nitrogens is 1. The lowest BCUT2D eigenvalue weighted by molar-refractivity contribution is 0.450.